The van der Waals surface area contributed by atoms with E-state index in [-0.39, 0.29) is 112 Å². The Morgan fingerprint density at radius 2 is 1.32 bits per heavy atom. The molecule has 5 N–H and O–H groups in total. The Labute approximate surface area is 505 Å². The number of nitrogens with zero attached hydrogens (tertiary/aromatic N) is 3. The summed E-state index contributed by atoms with van der Waals surface area (Å²) in [4.78, 5) is 110. The molecule has 1 fully saturated rings. The molecule has 3 aromatic rings. The molecule has 2 aromatic heterocycles. The Bertz CT molecular complexity index is 2990. The minimum Gasteiger partial charge on any atom is -0.458 e. The van der Waals surface area contributed by atoms with Gasteiger partial charge in [-0.25, -0.2) is 14.2 Å². The van der Waals surface area contributed by atoms with Gasteiger partial charge in [-0.15, -0.1) is 0 Å². The van der Waals surface area contributed by atoms with Crippen molar-refractivity contribution in [1.29, 1.82) is 0 Å². The van der Waals surface area contributed by atoms with E-state index in [0.29, 0.717) is 144 Å². The van der Waals surface area contributed by atoms with Crippen molar-refractivity contribution in [2.24, 2.45) is 17.8 Å². The zero-order valence-electron chi connectivity index (χ0n) is 51.1. The average molecular weight is 1220 g/mol. The van der Waals surface area contributed by atoms with E-state index in [2.05, 4.69) is 21.3 Å². The number of likely N-dealkylation sites (tertiary alicyclic amines) is 1. The van der Waals surface area contributed by atoms with Crippen molar-refractivity contribution < 1.29 is 85.7 Å². The van der Waals surface area contributed by atoms with Crippen LogP contribution >= 0.6 is 0 Å². The van der Waals surface area contributed by atoms with Crippen LogP contribution in [0, 0.1) is 30.5 Å². The van der Waals surface area contributed by atoms with Gasteiger partial charge in [0.05, 0.1) is 141 Å². The van der Waals surface area contributed by atoms with Crippen LogP contribution in [0.1, 0.15) is 113 Å². The highest BCUT2D eigenvalue weighted by atomic mass is 19.1. The van der Waals surface area contributed by atoms with Crippen LogP contribution < -0.4 is 26.8 Å². The minimum atomic E-state index is -2.04. The van der Waals surface area contributed by atoms with Crippen LogP contribution in [-0.4, -0.2) is 192 Å². The molecule has 87 heavy (non-hydrogen) atoms. The largest absolute Gasteiger partial charge is 0.458 e. The monoisotopic (exact) mass is 1220 g/mol. The molecule has 3 aliphatic heterocycles. The fourth-order valence-electron chi connectivity index (χ4n) is 11.0. The van der Waals surface area contributed by atoms with Crippen molar-refractivity contribution in [3.05, 3.63) is 61.7 Å². The molecule has 26 heteroatoms. The highest BCUT2D eigenvalue weighted by Gasteiger charge is 2.46. The fourth-order valence-corrected chi connectivity index (χ4v) is 11.0. The van der Waals surface area contributed by atoms with E-state index in [1.807, 2.05) is 13.8 Å². The number of cyclic esters (lactones) is 1. The third-order valence-electron chi connectivity index (χ3n) is 16.0. The summed E-state index contributed by atoms with van der Waals surface area (Å²) in [6.45, 7) is 17.9. The third-order valence-corrected chi connectivity index (χ3v) is 16.0. The summed E-state index contributed by atoms with van der Waals surface area (Å²) in [6.07, 6.45) is 1.01. The number of rotatable bonds is 38. The molecule has 1 aliphatic carbocycles. The van der Waals surface area contributed by atoms with Gasteiger partial charge in [0.1, 0.15) is 24.5 Å². The SMILES string of the molecule is CC[C@@]1(O)C(=O)OCc2c1cc1n(c2=O)Cc2c-1nc1cc(F)c(C)c3c1c2[C@@H](NC(=O)[C@@H](C)NC(=O)[C@H](NC(=O)CCOCCOCCOCCOCCOCCOCCOCCOCCNC(=O)CCN1C(=O)CC(C(C)C)C1=O)C(C)C)CC3. The van der Waals surface area contributed by atoms with Crippen LogP contribution in [0.2, 0.25) is 0 Å². The number of aromatic nitrogens is 2. The van der Waals surface area contributed by atoms with Gasteiger partial charge in [-0.05, 0) is 67.7 Å². The Morgan fingerprint density at radius 1 is 0.747 bits per heavy atom. The predicted octanol–water partition coefficient (Wildman–Crippen LogP) is 2.34. The number of halogens is 1. The number of ether oxygens (including phenoxy) is 9. The third kappa shape index (κ3) is 17.5. The van der Waals surface area contributed by atoms with Gasteiger partial charge in [0.25, 0.3) is 5.56 Å². The minimum absolute atomic E-state index is 0.0180. The summed E-state index contributed by atoms with van der Waals surface area (Å²) in [6, 6.07) is 0.297. The van der Waals surface area contributed by atoms with E-state index < -0.39 is 58.8 Å². The number of nitrogens with one attached hydrogen (secondary N) is 4. The number of imide groups is 1. The molecule has 1 aromatic carbocycles. The Balaban J connectivity index is 0.687. The number of pyridine rings is 2. The second-order valence-corrected chi connectivity index (χ2v) is 22.6. The lowest BCUT2D eigenvalue weighted by molar-refractivity contribution is -0.172. The molecule has 480 valence electrons. The van der Waals surface area contributed by atoms with E-state index in [9.17, 15) is 43.5 Å². The topological polar surface area (TPSA) is 309 Å². The van der Waals surface area contributed by atoms with E-state index in [0.717, 1.165) is 5.56 Å². The lowest BCUT2D eigenvalue weighted by Crippen LogP contribution is -2.55. The van der Waals surface area contributed by atoms with Gasteiger partial charge in [0, 0.05) is 60.8 Å². The molecule has 4 aliphatic rings. The number of benzene rings is 1. The first-order chi connectivity index (χ1) is 41.8. The summed E-state index contributed by atoms with van der Waals surface area (Å²) in [7, 11) is 0. The van der Waals surface area contributed by atoms with E-state index in [1.54, 1.807) is 40.7 Å². The van der Waals surface area contributed by atoms with Crippen LogP contribution in [-0.2, 0) is 101 Å². The summed E-state index contributed by atoms with van der Waals surface area (Å²) in [5, 5.41) is 23.4. The van der Waals surface area contributed by atoms with Gasteiger partial charge in [-0.2, -0.15) is 0 Å². The van der Waals surface area contributed by atoms with Gasteiger partial charge in [0.15, 0.2) is 5.60 Å². The van der Waals surface area contributed by atoms with Gasteiger partial charge >= 0.3 is 5.97 Å². The quantitative estimate of drug-likeness (QED) is 0.0244. The maximum Gasteiger partial charge on any atom is 0.343 e. The summed E-state index contributed by atoms with van der Waals surface area (Å²) >= 11 is 0. The molecule has 0 spiro atoms. The molecule has 1 saturated heterocycles. The second kappa shape index (κ2) is 32.7. The molecule has 25 nitrogen and oxygen atoms in total. The molecule has 0 bridgehead atoms. The Hall–Kier alpha value is -6.36. The normalized spacial score (nSPS) is 18.4. The van der Waals surface area contributed by atoms with Gasteiger partial charge in [0.2, 0.25) is 35.4 Å². The highest BCUT2D eigenvalue weighted by molar-refractivity contribution is 6.04. The van der Waals surface area contributed by atoms with Crippen LogP contribution in [0.3, 0.4) is 0 Å². The van der Waals surface area contributed by atoms with Crippen LogP contribution in [0.4, 0.5) is 4.39 Å². The van der Waals surface area contributed by atoms with E-state index in [1.165, 1.54) is 15.5 Å². The number of carbonyl (C=O) groups is 7. The summed E-state index contributed by atoms with van der Waals surface area (Å²) in [5.41, 5.74) is 1.36. The predicted molar refractivity (Wildman–Crippen MR) is 311 cm³/mol. The Kier molecular flexibility index (Phi) is 25.6. The zero-order valence-corrected chi connectivity index (χ0v) is 51.1. The first-order valence-electron chi connectivity index (χ1n) is 30.2. The van der Waals surface area contributed by atoms with Crippen molar-refractivity contribution in [1.82, 2.24) is 35.7 Å². The maximum absolute atomic E-state index is 15.5. The molecule has 0 radical (unpaired) electrons. The number of aliphatic hydroxyl groups is 1. The van der Waals surface area contributed by atoms with Gasteiger partial charge in [-0.3, -0.25) is 38.5 Å². The summed E-state index contributed by atoms with van der Waals surface area (Å²) in [5.74, 6) is -4.00. The van der Waals surface area contributed by atoms with Crippen molar-refractivity contribution in [3.63, 3.8) is 0 Å². The molecular weight excluding hydrogens is 1140 g/mol. The molecule has 7 rings (SSSR count). The first kappa shape index (κ1) is 68.1. The number of hydrogen-bond donors (Lipinski definition) is 5. The molecular formula is C61H86FN7O18. The molecule has 0 saturated carbocycles. The average Bonchev–Trinajstić information content (AvgIpc) is 1.67. The molecule has 5 atom stereocenters. The maximum atomic E-state index is 15.5. The van der Waals surface area contributed by atoms with Crippen molar-refractivity contribution >= 4 is 52.3 Å². The van der Waals surface area contributed by atoms with E-state index >= 15 is 4.39 Å². The first-order valence-corrected chi connectivity index (χ1v) is 30.2. The van der Waals surface area contributed by atoms with Crippen LogP contribution in [0.15, 0.2) is 16.9 Å². The number of esters is 1. The number of fused-ring (bicyclic) bond motifs is 5. The molecule has 5 heterocycles. The molecule has 6 amide bonds. The van der Waals surface area contributed by atoms with Crippen molar-refractivity contribution in [2.75, 3.05) is 119 Å². The van der Waals surface area contributed by atoms with E-state index in [4.69, 9.17) is 47.6 Å². The molecule has 1 unspecified atom stereocenters. The van der Waals surface area contributed by atoms with Crippen LogP contribution in [0.5, 0.6) is 0 Å². The number of amides is 6. The number of aryl methyl sites for hydroxylation is 1. The standard InChI is InChI=1S/C61H86FN7O18/c1-8-61(78)44-32-48-55-42(34-69(48)59(76)43(44)35-87-60(61)77)53-46(10-9-40-38(6)45(62)33-47(65-55)52(40)53)66-56(73)39(7)64-57(74)54(37(4)5)67-50(71)12-15-79-17-19-81-21-23-83-25-27-85-29-30-86-28-26-84-24-22-82-20-18-80-16-13-63-49(70)11-14-68-51(72)31-41(36(2)3)58(68)75/h32-33,36-37,39,41,46,54,78H,8-31,34-35H2,1-7H3,(H,63,70)(H,64,74)(H,66,73)(H,67,71)/t39-,41?,46+,54-,61+/m1/s1. The van der Waals surface area contributed by atoms with Gasteiger partial charge < -0.3 is 73.6 Å². The smallest absolute Gasteiger partial charge is 0.343 e. The zero-order chi connectivity index (χ0) is 62.8. The van der Waals surface area contributed by atoms with Gasteiger partial charge in [-0.1, -0.05) is 34.6 Å². The number of carbonyl (C=O) groups excluding carboxylic acids is 7. The lowest BCUT2D eigenvalue weighted by Gasteiger charge is -2.31. The fraction of sp³-hybridized carbons (Fsp3) is 0.656. The second-order valence-electron chi connectivity index (χ2n) is 22.6. The number of hydrogen-bond acceptors (Lipinski definition) is 19. The van der Waals surface area contributed by atoms with Crippen molar-refractivity contribution in [3.8, 4) is 11.4 Å². The van der Waals surface area contributed by atoms with Crippen molar-refractivity contribution in [2.45, 2.75) is 124 Å². The van der Waals surface area contributed by atoms with Crippen LogP contribution in [0.25, 0.3) is 22.3 Å². The Morgan fingerprint density at radius 3 is 1.87 bits per heavy atom. The lowest BCUT2D eigenvalue weighted by atomic mass is 9.81. The summed E-state index contributed by atoms with van der Waals surface area (Å²) < 4.78 is 66.3. The highest BCUT2D eigenvalue weighted by Crippen LogP contribution is 2.46.